The van der Waals surface area contributed by atoms with Gasteiger partial charge in [0.2, 0.25) is 0 Å². The van der Waals surface area contributed by atoms with E-state index >= 15 is 0 Å². The lowest BCUT2D eigenvalue weighted by molar-refractivity contribution is -0.210. The molecule has 5 atom stereocenters. The van der Waals surface area contributed by atoms with Gasteiger partial charge < -0.3 is 19.7 Å². The van der Waals surface area contributed by atoms with Gasteiger partial charge in [0.1, 0.15) is 29.3 Å². The molecule has 28 heavy (non-hydrogen) atoms. The summed E-state index contributed by atoms with van der Waals surface area (Å²) in [5, 5.41) is 21.4. The Bertz CT molecular complexity index is 874. The van der Waals surface area contributed by atoms with E-state index in [0.717, 1.165) is 31.2 Å². The number of hydrogen-bond donors (Lipinski definition) is 2. The number of phenols is 1. The van der Waals surface area contributed by atoms with Gasteiger partial charge in [-0.1, -0.05) is 27.7 Å². The zero-order valence-electron chi connectivity index (χ0n) is 17.2. The van der Waals surface area contributed by atoms with E-state index in [9.17, 15) is 15.0 Å². The molecule has 2 aliphatic carbocycles. The molecule has 1 aromatic rings. The molecule has 0 radical (unpaired) electrons. The summed E-state index contributed by atoms with van der Waals surface area (Å²) >= 11 is 0. The Hall–Kier alpha value is -1.75. The molecule has 2 heterocycles. The molecule has 5 heteroatoms. The van der Waals surface area contributed by atoms with Crippen LogP contribution in [0.5, 0.6) is 11.5 Å². The lowest BCUT2D eigenvalue weighted by Gasteiger charge is -2.64. The van der Waals surface area contributed by atoms with E-state index in [0.29, 0.717) is 35.1 Å². The fourth-order valence-corrected chi connectivity index (χ4v) is 7.09. The highest BCUT2D eigenvalue weighted by Gasteiger charge is 2.67. The average Bonchev–Trinajstić information content (AvgIpc) is 3.20. The van der Waals surface area contributed by atoms with Gasteiger partial charge in [-0.05, 0) is 49.0 Å². The molecular formula is C23H30O5. The number of ether oxygens (including phenoxy) is 2. The number of carbonyl (C=O) groups is 1. The van der Waals surface area contributed by atoms with Crippen LogP contribution in [0, 0.1) is 22.7 Å². The summed E-state index contributed by atoms with van der Waals surface area (Å²) in [7, 11) is 0. The molecule has 2 saturated carbocycles. The standard InChI is InChI=1S/C23H30O5/c1-12-5-6-16-21(2,3)17(25)7-8-22(16,4)23(12)10-14-15(24)9-13-11-27-20(26)18(13)19(14)28-23/h9,12,16-17,24-25H,5-8,10-11H2,1-4H3/t12?,16-,17?,22-,23+/m0/s1. The van der Waals surface area contributed by atoms with E-state index in [1.165, 1.54) is 0 Å². The fraction of sp³-hybridized carbons (Fsp3) is 0.696. The minimum atomic E-state index is -0.481. The fourth-order valence-electron chi connectivity index (χ4n) is 7.09. The molecule has 1 spiro atoms. The van der Waals surface area contributed by atoms with E-state index in [4.69, 9.17) is 9.47 Å². The van der Waals surface area contributed by atoms with Crippen LogP contribution in [0.15, 0.2) is 6.07 Å². The second-order valence-electron chi connectivity index (χ2n) is 10.3. The van der Waals surface area contributed by atoms with Gasteiger partial charge >= 0.3 is 5.97 Å². The number of carbonyl (C=O) groups excluding carboxylic acids is 1. The molecule has 2 fully saturated rings. The first kappa shape index (κ1) is 18.3. The Labute approximate surface area is 166 Å². The summed E-state index contributed by atoms with van der Waals surface area (Å²) in [6.07, 6.45) is 4.00. The lowest BCUT2D eigenvalue weighted by atomic mass is 9.43. The molecule has 2 unspecified atom stereocenters. The third-order valence-electron chi connectivity index (χ3n) is 8.84. The Kier molecular flexibility index (Phi) is 3.55. The van der Waals surface area contributed by atoms with Crippen molar-refractivity contribution in [3.05, 3.63) is 22.8 Å². The van der Waals surface area contributed by atoms with Crippen molar-refractivity contribution in [3.8, 4) is 11.5 Å². The van der Waals surface area contributed by atoms with Crippen molar-refractivity contribution in [2.75, 3.05) is 0 Å². The highest BCUT2D eigenvalue weighted by Crippen LogP contribution is 2.67. The lowest BCUT2D eigenvalue weighted by Crippen LogP contribution is -2.66. The number of aliphatic hydroxyl groups is 1. The monoisotopic (exact) mass is 386 g/mol. The van der Waals surface area contributed by atoms with Crippen molar-refractivity contribution in [2.45, 2.75) is 78.1 Å². The maximum Gasteiger partial charge on any atom is 0.342 e. The number of rotatable bonds is 0. The molecule has 0 saturated heterocycles. The molecule has 5 nitrogen and oxygen atoms in total. The van der Waals surface area contributed by atoms with Crippen molar-refractivity contribution in [1.82, 2.24) is 0 Å². The molecule has 1 aromatic carbocycles. The van der Waals surface area contributed by atoms with Gasteiger partial charge in [0.05, 0.1) is 6.10 Å². The number of phenolic OH excluding ortho intramolecular Hbond substituents is 1. The first-order valence-electron chi connectivity index (χ1n) is 10.5. The SMILES string of the molecule is CC1CC[C@H]2C(C)(C)C(O)CC[C@]2(C)[C@@]12Cc1c(O)cc3c(c1O2)C(=O)OC3. The van der Waals surface area contributed by atoms with Gasteiger partial charge in [-0.15, -0.1) is 0 Å². The van der Waals surface area contributed by atoms with Gasteiger partial charge in [0, 0.05) is 23.0 Å². The first-order chi connectivity index (χ1) is 13.1. The van der Waals surface area contributed by atoms with Gasteiger partial charge in [-0.25, -0.2) is 4.79 Å². The minimum absolute atomic E-state index is 0.145. The van der Waals surface area contributed by atoms with Gasteiger partial charge in [0.15, 0.2) is 0 Å². The Morgan fingerprint density at radius 3 is 2.68 bits per heavy atom. The second kappa shape index (κ2) is 5.44. The molecule has 5 rings (SSSR count). The summed E-state index contributed by atoms with van der Waals surface area (Å²) in [6, 6.07) is 1.67. The van der Waals surface area contributed by atoms with Crippen molar-refractivity contribution in [1.29, 1.82) is 0 Å². The van der Waals surface area contributed by atoms with Crippen LogP contribution >= 0.6 is 0 Å². The number of hydrogen-bond acceptors (Lipinski definition) is 5. The second-order valence-corrected chi connectivity index (χ2v) is 10.3. The van der Waals surface area contributed by atoms with Crippen molar-refractivity contribution < 1.29 is 24.5 Å². The minimum Gasteiger partial charge on any atom is -0.508 e. The molecule has 4 aliphatic rings. The Balaban J connectivity index is 1.66. The molecule has 2 aliphatic heterocycles. The van der Waals surface area contributed by atoms with Crippen molar-refractivity contribution >= 4 is 5.97 Å². The first-order valence-corrected chi connectivity index (χ1v) is 10.5. The largest absolute Gasteiger partial charge is 0.508 e. The van der Waals surface area contributed by atoms with Crippen LogP contribution in [0.3, 0.4) is 0 Å². The van der Waals surface area contributed by atoms with Crippen LogP contribution in [0.1, 0.15) is 74.9 Å². The predicted octanol–water partition coefficient (Wildman–Crippen LogP) is 3.97. The smallest absolute Gasteiger partial charge is 0.342 e. The highest BCUT2D eigenvalue weighted by atomic mass is 16.5. The summed E-state index contributed by atoms with van der Waals surface area (Å²) in [4.78, 5) is 12.4. The van der Waals surface area contributed by atoms with E-state index in [-0.39, 0.29) is 35.3 Å². The number of aliphatic hydroxyl groups excluding tert-OH is 1. The number of cyclic esters (lactones) is 1. The van der Waals surface area contributed by atoms with Crippen molar-refractivity contribution in [2.24, 2.45) is 22.7 Å². The van der Waals surface area contributed by atoms with Crippen LogP contribution in [-0.4, -0.2) is 27.9 Å². The van der Waals surface area contributed by atoms with Crippen LogP contribution in [0.2, 0.25) is 0 Å². The van der Waals surface area contributed by atoms with E-state index < -0.39 is 5.60 Å². The molecule has 2 N–H and O–H groups in total. The summed E-state index contributed by atoms with van der Waals surface area (Å²) in [5.41, 5.74) is 1.14. The van der Waals surface area contributed by atoms with Crippen LogP contribution < -0.4 is 4.74 Å². The number of benzene rings is 1. The normalized spacial score (nSPS) is 40.5. The number of esters is 1. The summed E-state index contributed by atoms with van der Waals surface area (Å²) in [5.74, 6) is 0.996. The van der Waals surface area contributed by atoms with E-state index in [1.54, 1.807) is 6.07 Å². The number of aromatic hydroxyl groups is 1. The van der Waals surface area contributed by atoms with Crippen LogP contribution in [-0.2, 0) is 17.8 Å². The van der Waals surface area contributed by atoms with E-state index in [1.807, 2.05) is 0 Å². The molecule has 152 valence electrons. The maximum absolute atomic E-state index is 12.4. The summed E-state index contributed by atoms with van der Waals surface area (Å²) < 4.78 is 12.0. The molecular weight excluding hydrogens is 356 g/mol. The Morgan fingerprint density at radius 2 is 1.93 bits per heavy atom. The molecule has 0 amide bonds. The average molecular weight is 386 g/mol. The van der Waals surface area contributed by atoms with Crippen molar-refractivity contribution in [3.63, 3.8) is 0 Å². The topological polar surface area (TPSA) is 76.0 Å². The third kappa shape index (κ3) is 1.99. The molecule has 0 bridgehead atoms. The Morgan fingerprint density at radius 1 is 1.18 bits per heavy atom. The van der Waals surface area contributed by atoms with E-state index in [2.05, 4.69) is 27.7 Å². The maximum atomic E-state index is 12.4. The van der Waals surface area contributed by atoms with Crippen LogP contribution in [0.4, 0.5) is 0 Å². The van der Waals surface area contributed by atoms with Gasteiger partial charge in [-0.2, -0.15) is 0 Å². The van der Waals surface area contributed by atoms with Crippen LogP contribution in [0.25, 0.3) is 0 Å². The zero-order valence-corrected chi connectivity index (χ0v) is 17.2. The predicted molar refractivity (Wildman–Crippen MR) is 103 cm³/mol. The van der Waals surface area contributed by atoms with Gasteiger partial charge in [0.25, 0.3) is 0 Å². The highest BCUT2D eigenvalue weighted by molar-refractivity contribution is 5.97. The molecule has 0 aromatic heterocycles. The summed E-state index contributed by atoms with van der Waals surface area (Å²) in [6.45, 7) is 9.10. The van der Waals surface area contributed by atoms with Gasteiger partial charge in [-0.3, -0.25) is 0 Å². The third-order valence-corrected chi connectivity index (χ3v) is 8.84. The quantitative estimate of drug-likeness (QED) is 0.660. The number of fused-ring (bicyclic) bond motifs is 5. The zero-order chi connectivity index (χ0) is 20.1.